The van der Waals surface area contributed by atoms with E-state index in [4.69, 9.17) is 0 Å². The maximum atomic E-state index is 14.1. The fourth-order valence-corrected chi connectivity index (χ4v) is 9.44. The van der Waals surface area contributed by atoms with Gasteiger partial charge < -0.3 is 34.9 Å². The van der Waals surface area contributed by atoms with Crippen LogP contribution in [0.25, 0.3) is 11.3 Å². The Hall–Kier alpha value is -5.51. The molecule has 3 N–H and O–H groups in total. The molecule has 6 aliphatic rings. The van der Waals surface area contributed by atoms with E-state index >= 15 is 0 Å². The lowest BCUT2D eigenvalue weighted by atomic mass is 9.96. The van der Waals surface area contributed by atoms with Gasteiger partial charge in [-0.1, -0.05) is 12.1 Å². The van der Waals surface area contributed by atoms with Gasteiger partial charge in [-0.3, -0.25) is 24.6 Å². The van der Waals surface area contributed by atoms with Crippen molar-refractivity contribution >= 4 is 40.9 Å². The van der Waals surface area contributed by atoms with E-state index in [0.29, 0.717) is 62.1 Å². The van der Waals surface area contributed by atoms with Crippen LogP contribution in [-0.2, 0) is 16.1 Å². The van der Waals surface area contributed by atoms with Gasteiger partial charge in [-0.15, -0.1) is 10.2 Å². The molecule has 0 bridgehead atoms. The van der Waals surface area contributed by atoms with Crippen LogP contribution in [0, 0.1) is 11.7 Å². The van der Waals surface area contributed by atoms with E-state index in [1.165, 1.54) is 12.1 Å². The average molecular weight is 753 g/mol. The third-order valence-corrected chi connectivity index (χ3v) is 12.2. The lowest BCUT2D eigenvalue weighted by Crippen LogP contribution is -2.66. The first-order chi connectivity index (χ1) is 26.5. The van der Waals surface area contributed by atoms with Crippen LogP contribution < -0.4 is 20.4 Å². The summed E-state index contributed by atoms with van der Waals surface area (Å²) in [6.45, 7) is 11.2. The number of carbonyl (C=O) groups excluding carboxylic acids is 4. The average Bonchev–Trinajstić information content (AvgIpc) is 3.48. The number of para-hydroxylation sites is 1. The minimum absolute atomic E-state index is 0.0184. The number of aromatic hydroxyl groups is 1. The number of aromatic nitrogens is 2. The molecule has 7 heterocycles. The lowest BCUT2D eigenvalue weighted by Gasteiger charge is -2.51. The first-order valence-corrected chi connectivity index (χ1v) is 19.2. The molecule has 0 saturated carbocycles. The number of halogens is 1. The minimum atomic E-state index is -0.714. The smallest absolute Gasteiger partial charge is 0.320 e. The highest BCUT2D eigenvalue weighted by Crippen LogP contribution is 2.38. The largest absolute Gasteiger partial charge is 0.504 e. The number of fused-ring (bicyclic) bond motifs is 4. The van der Waals surface area contributed by atoms with E-state index in [9.17, 15) is 28.7 Å². The van der Waals surface area contributed by atoms with Gasteiger partial charge in [0.25, 0.3) is 5.91 Å². The monoisotopic (exact) mass is 752 g/mol. The molecule has 288 valence electrons. The Bertz CT molecular complexity index is 2070. The molecule has 0 radical (unpaired) electrons. The molecule has 15 nitrogen and oxygen atoms in total. The molecule has 9 rings (SSSR count). The third-order valence-electron chi connectivity index (χ3n) is 12.2. The van der Waals surface area contributed by atoms with Crippen molar-refractivity contribution < 1.29 is 28.7 Å². The number of amides is 5. The van der Waals surface area contributed by atoms with E-state index in [1.54, 1.807) is 11.0 Å². The van der Waals surface area contributed by atoms with Gasteiger partial charge in [0.15, 0.2) is 17.4 Å². The van der Waals surface area contributed by atoms with Crippen molar-refractivity contribution in [3.8, 4) is 17.0 Å². The van der Waals surface area contributed by atoms with Gasteiger partial charge in [-0.2, -0.15) is 0 Å². The van der Waals surface area contributed by atoms with Gasteiger partial charge >= 0.3 is 6.03 Å². The van der Waals surface area contributed by atoms with Crippen LogP contribution in [0.4, 0.5) is 26.4 Å². The van der Waals surface area contributed by atoms with Crippen LogP contribution in [0.5, 0.6) is 5.75 Å². The number of rotatable bonds is 5. The normalized spacial score (nSPS) is 25.6. The van der Waals surface area contributed by atoms with Gasteiger partial charge in [-0.25, -0.2) is 9.18 Å². The van der Waals surface area contributed by atoms with Crippen molar-refractivity contribution in [1.29, 1.82) is 0 Å². The second kappa shape index (κ2) is 13.7. The highest BCUT2D eigenvalue weighted by molar-refractivity contribution is 6.05. The van der Waals surface area contributed by atoms with Gasteiger partial charge in [0, 0.05) is 107 Å². The van der Waals surface area contributed by atoms with Crippen LogP contribution in [0.1, 0.15) is 42.6 Å². The number of anilines is 3. The van der Waals surface area contributed by atoms with Crippen LogP contribution in [0.3, 0.4) is 0 Å². The summed E-state index contributed by atoms with van der Waals surface area (Å²) in [6, 6.07) is 11.7. The number of piperidine rings is 1. The summed E-state index contributed by atoms with van der Waals surface area (Å²) < 4.78 is 14.1. The zero-order valence-electron chi connectivity index (χ0n) is 30.9. The highest BCUT2D eigenvalue weighted by atomic mass is 19.1. The van der Waals surface area contributed by atoms with E-state index in [2.05, 4.69) is 55.4 Å². The molecule has 0 spiro atoms. The number of nitrogens with zero attached hydrogens (tertiary/aromatic N) is 8. The van der Waals surface area contributed by atoms with Crippen molar-refractivity contribution in [3.05, 3.63) is 59.4 Å². The SMILES string of the molecule is C[C@@H]1CN(CC2CN(c3ccc4c(c3)C(=O)N([C@H]3CCC(=O)NC3=O)C4)C2)C[C@H](C)N1C(=O)N1CCN2c3cc(-c4cccc(F)c4O)nnc3NC[C@@H]2C1. The number of hydrogen-bond donors (Lipinski definition) is 3. The van der Waals surface area contributed by atoms with Crippen molar-refractivity contribution in [2.75, 3.05) is 74.0 Å². The predicted molar refractivity (Wildman–Crippen MR) is 201 cm³/mol. The quantitative estimate of drug-likeness (QED) is 0.329. The number of nitrogens with one attached hydrogen (secondary N) is 2. The van der Waals surface area contributed by atoms with E-state index < -0.39 is 23.5 Å². The van der Waals surface area contributed by atoms with Crippen molar-refractivity contribution in [2.45, 2.75) is 57.4 Å². The Morgan fingerprint density at radius 1 is 0.945 bits per heavy atom. The van der Waals surface area contributed by atoms with E-state index in [0.717, 1.165) is 49.7 Å². The number of phenolic OH excluding ortho intramolecular Hbond substituents is 1. The molecule has 2 aromatic carbocycles. The van der Waals surface area contributed by atoms with Gasteiger partial charge in [0.05, 0.1) is 17.4 Å². The molecule has 1 aromatic heterocycles. The number of piperazine rings is 2. The molecular weight excluding hydrogens is 707 g/mol. The van der Waals surface area contributed by atoms with Crippen LogP contribution >= 0.6 is 0 Å². The van der Waals surface area contributed by atoms with Gasteiger partial charge in [0.1, 0.15) is 6.04 Å². The number of urea groups is 1. The fourth-order valence-electron chi connectivity index (χ4n) is 9.44. The molecule has 0 aliphatic carbocycles. The predicted octanol–water partition coefficient (Wildman–Crippen LogP) is 2.32. The van der Waals surface area contributed by atoms with Crippen molar-refractivity contribution in [3.63, 3.8) is 0 Å². The molecule has 5 amide bonds. The second-order valence-electron chi connectivity index (χ2n) is 15.9. The number of hydrogen-bond acceptors (Lipinski definition) is 11. The first kappa shape index (κ1) is 35.2. The summed E-state index contributed by atoms with van der Waals surface area (Å²) in [5.41, 5.74) is 4.02. The van der Waals surface area contributed by atoms with E-state index in [1.807, 2.05) is 28.0 Å². The van der Waals surface area contributed by atoms with E-state index in [-0.39, 0.29) is 48.0 Å². The standard InChI is InChI=1S/C39H45FN10O5/c1-22-15-45(17-24-18-47(19-24)26-7-6-25-20-49(38(54)29(25)12-26)32-8-9-34(51)42-37(32)53)16-23(2)50(22)39(55)46-10-11-48-27(21-46)14-41-36-33(48)13-31(43-44-36)28-4-3-5-30(40)35(28)52/h3-7,12-13,22-24,27,32,52H,8-11,14-21H2,1-2H3,(H,41,44)(H,42,51,53)/t22-,23+,27-,32+/m1/s1. The first-order valence-electron chi connectivity index (χ1n) is 19.2. The molecule has 0 unspecified atom stereocenters. The van der Waals surface area contributed by atoms with Crippen LogP contribution in [0.15, 0.2) is 42.5 Å². The van der Waals surface area contributed by atoms with Gasteiger partial charge in [0.2, 0.25) is 11.8 Å². The summed E-state index contributed by atoms with van der Waals surface area (Å²) in [6.07, 6.45) is 0.584. The highest BCUT2D eigenvalue weighted by Gasteiger charge is 2.42. The van der Waals surface area contributed by atoms with Crippen LogP contribution in [-0.4, -0.2) is 142 Å². The minimum Gasteiger partial charge on any atom is -0.504 e. The summed E-state index contributed by atoms with van der Waals surface area (Å²) >= 11 is 0. The molecule has 55 heavy (non-hydrogen) atoms. The molecule has 4 fully saturated rings. The summed E-state index contributed by atoms with van der Waals surface area (Å²) in [5.74, 6) is -0.925. The summed E-state index contributed by atoms with van der Waals surface area (Å²) in [5, 5.41) is 24.6. The summed E-state index contributed by atoms with van der Waals surface area (Å²) in [7, 11) is 0. The lowest BCUT2D eigenvalue weighted by molar-refractivity contribution is -0.136. The van der Waals surface area contributed by atoms with Crippen LogP contribution in [0.2, 0.25) is 0 Å². The number of imide groups is 1. The Morgan fingerprint density at radius 2 is 1.75 bits per heavy atom. The molecule has 4 atom stereocenters. The number of carbonyl (C=O) groups is 4. The fraction of sp³-hybridized carbons (Fsp3) is 0.487. The Morgan fingerprint density at radius 3 is 2.53 bits per heavy atom. The molecular formula is C39H45FN10O5. The maximum Gasteiger partial charge on any atom is 0.320 e. The molecule has 16 heteroatoms. The second-order valence-corrected chi connectivity index (χ2v) is 15.9. The zero-order chi connectivity index (χ0) is 38.1. The zero-order valence-corrected chi connectivity index (χ0v) is 30.9. The third kappa shape index (κ3) is 6.25. The molecule has 6 aliphatic heterocycles. The Balaban J connectivity index is 0.778. The summed E-state index contributed by atoms with van der Waals surface area (Å²) in [4.78, 5) is 64.0. The van der Waals surface area contributed by atoms with Crippen molar-refractivity contribution in [2.24, 2.45) is 5.92 Å². The Labute approximate surface area is 318 Å². The topological polar surface area (TPSA) is 158 Å². The molecule has 3 aromatic rings. The number of benzene rings is 2. The maximum absolute atomic E-state index is 14.1. The van der Waals surface area contributed by atoms with Gasteiger partial charge in [-0.05, 0) is 56.2 Å². The molecule has 4 saturated heterocycles. The number of phenols is 1. The van der Waals surface area contributed by atoms with Crippen molar-refractivity contribution in [1.82, 2.24) is 35.1 Å². The Kier molecular flexibility index (Phi) is 8.74.